The van der Waals surface area contributed by atoms with Crippen molar-refractivity contribution in [1.29, 1.82) is 0 Å². The summed E-state index contributed by atoms with van der Waals surface area (Å²) >= 11 is 0. The third kappa shape index (κ3) is 4.06. The van der Waals surface area contributed by atoms with Gasteiger partial charge in [0.15, 0.2) is 5.82 Å². The van der Waals surface area contributed by atoms with E-state index >= 15 is 0 Å². The molecule has 0 radical (unpaired) electrons. The lowest BCUT2D eigenvalue weighted by molar-refractivity contribution is 0.208. The molecule has 1 fully saturated rings. The lowest BCUT2D eigenvalue weighted by Crippen LogP contribution is -2.50. The molecule has 1 N–H and O–H groups in total. The van der Waals surface area contributed by atoms with E-state index in [1.165, 1.54) is 0 Å². The van der Waals surface area contributed by atoms with Gasteiger partial charge in [-0.05, 0) is 38.5 Å². The first-order valence-electron chi connectivity index (χ1n) is 9.73. The largest absolute Gasteiger partial charge is 0.353 e. The standard InChI is InChI=1S/C21H25N7O/c1-15-6-4-5-7-18(15)24-21(29)27-10-8-26(9-11-27)19-13-20(23-14-22-19)28-17(3)12-16(2)25-28/h4-7,12-14H,8-11H2,1-3H3,(H,24,29). The lowest BCUT2D eigenvalue weighted by Gasteiger charge is -2.35. The number of carbonyl (C=O) groups excluding carboxylic acids is 1. The summed E-state index contributed by atoms with van der Waals surface area (Å²) in [5, 5.41) is 7.50. The molecule has 29 heavy (non-hydrogen) atoms. The Hall–Kier alpha value is -3.42. The molecular weight excluding hydrogens is 366 g/mol. The van der Waals surface area contributed by atoms with Gasteiger partial charge >= 0.3 is 6.03 Å². The van der Waals surface area contributed by atoms with E-state index in [4.69, 9.17) is 0 Å². The molecule has 0 atom stereocenters. The number of aromatic nitrogens is 4. The van der Waals surface area contributed by atoms with E-state index in [1.807, 2.05) is 66.8 Å². The number of rotatable bonds is 3. The minimum atomic E-state index is -0.0648. The minimum absolute atomic E-state index is 0.0648. The number of benzene rings is 1. The highest BCUT2D eigenvalue weighted by Gasteiger charge is 2.22. The number of anilines is 2. The number of carbonyl (C=O) groups is 1. The molecule has 3 heterocycles. The van der Waals surface area contributed by atoms with Gasteiger partial charge < -0.3 is 15.1 Å². The first-order chi connectivity index (χ1) is 14.0. The molecule has 8 heteroatoms. The Morgan fingerprint density at radius 1 is 0.966 bits per heavy atom. The van der Waals surface area contributed by atoms with Crippen LogP contribution < -0.4 is 10.2 Å². The van der Waals surface area contributed by atoms with E-state index in [0.717, 1.165) is 47.4 Å². The quantitative estimate of drug-likeness (QED) is 0.743. The fourth-order valence-electron chi connectivity index (χ4n) is 3.53. The van der Waals surface area contributed by atoms with Crippen molar-refractivity contribution in [3.05, 3.63) is 59.7 Å². The fourth-order valence-corrected chi connectivity index (χ4v) is 3.53. The van der Waals surface area contributed by atoms with Crippen molar-refractivity contribution in [3.8, 4) is 5.82 Å². The number of amides is 2. The number of nitrogens with zero attached hydrogens (tertiary/aromatic N) is 6. The van der Waals surface area contributed by atoms with Crippen LogP contribution in [0.4, 0.5) is 16.3 Å². The highest BCUT2D eigenvalue weighted by atomic mass is 16.2. The second-order valence-corrected chi connectivity index (χ2v) is 7.29. The van der Waals surface area contributed by atoms with Gasteiger partial charge in [-0.25, -0.2) is 19.4 Å². The summed E-state index contributed by atoms with van der Waals surface area (Å²) in [6, 6.07) is 11.7. The molecule has 4 rings (SSSR count). The van der Waals surface area contributed by atoms with Gasteiger partial charge in [0, 0.05) is 43.6 Å². The number of hydrogen-bond donors (Lipinski definition) is 1. The summed E-state index contributed by atoms with van der Waals surface area (Å²) in [7, 11) is 0. The van der Waals surface area contributed by atoms with Crippen molar-refractivity contribution in [2.75, 3.05) is 36.4 Å². The summed E-state index contributed by atoms with van der Waals surface area (Å²) in [4.78, 5) is 25.4. The Morgan fingerprint density at radius 2 is 1.69 bits per heavy atom. The monoisotopic (exact) mass is 391 g/mol. The Balaban J connectivity index is 1.41. The molecule has 0 unspecified atom stereocenters. The van der Waals surface area contributed by atoms with Crippen LogP contribution in [0.15, 0.2) is 42.7 Å². The van der Waals surface area contributed by atoms with Crippen LogP contribution in [0, 0.1) is 20.8 Å². The summed E-state index contributed by atoms with van der Waals surface area (Å²) in [6.45, 7) is 8.67. The number of aryl methyl sites for hydroxylation is 3. The van der Waals surface area contributed by atoms with Crippen LogP contribution in [-0.4, -0.2) is 56.9 Å². The summed E-state index contributed by atoms with van der Waals surface area (Å²) in [5.74, 6) is 1.60. The molecule has 2 aromatic heterocycles. The zero-order valence-corrected chi connectivity index (χ0v) is 17.0. The molecule has 1 saturated heterocycles. The van der Waals surface area contributed by atoms with Crippen LogP contribution in [0.3, 0.4) is 0 Å². The van der Waals surface area contributed by atoms with Crippen LogP contribution >= 0.6 is 0 Å². The Morgan fingerprint density at radius 3 is 2.38 bits per heavy atom. The molecule has 0 spiro atoms. The molecule has 2 amide bonds. The molecule has 1 aliphatic rings. The average Bonchev–Trinajstić information content (AvgIpc) is 3.08. The number of hydrogen-bond acceptors (Lipinski definition) is 5. The fraction of sp³-hybridized carbons (Fsp3) is 0.333. The van der Waals surface area contributed by atoms with Gasteiger partial charge in [-0.3, -0.25) is 0 Å². The van der Waals surface area contributed by atoms with Gasteiger partial charge in [-0.15, -0.1) is 0 Å². The zero-order valence-electron chi connectivity index (χ0n) is 17.0. The van der Waals surface area contributed by atoms with E-state index in [1.54, 1.807) is 6.33 Å². The van der Waals surface area contributed by atoms with E-state index in [9.17, 15) is 4.79 Å². The van der Waals surface area contributed by atoms with Gasteiger partial charge in [-0.1, -0.05) is 18.2 Å². The molecule has 0 saturated carbocycles. The van der Waals surface area contributed by atoms with Crippen LogP contribution in [0.1, 0.15) is 17.0 Å². The molecule has 3 aromatic rings. The molecule has 8 nitrogen and oxygen atoms in total. The van der Waals surface area contributed by atoms with Gasteiger partial charge in [0.1, 0.15) is 12.1 Å². The van der Waals surface area contributed by atoms with Crippen LogP contribution in [0.5, 0.6) is 0 Å². The maximum Gasteiger partial charge on any atom is 0.321 e. The van der Waals surface area contributed by atoms with E-state index in [-0.39, 0.29) is 6.03 Å². The summed E-state index contributed by atoms with van der Waals surface area (Å²) in [5.41, 5.74) is 3.89. The van der Waals surface area contributed by atoms with Crippen molar-refractivity contribution in [2.45, 2.75) is 20.8 Å². The Kier molecular flexibility index (Phi) is 5.16. The summed E-state index contributed by atoms with van der Waals surface area (Å²) < 4.78 is 1.83. The topological polar surface area (TPSA) is 79.2 Å². The summed E-state index contributed by atoms with van der Waals surface area (Å²) in [6.07, 6.45) is 1.57. The molecule has 1 aliphatic heterocycles. The van der Waals surface area contributed by atoms with Crippen molar-refractivity contribution >= 4 is 17.5 Å². The SMILES string of the molecule is Cc1cc(C)n(-c2cc(N3CCN(C(=O)Nc4ccccc4C)CC3)ncn2)n1. The second-order valence-electron chi connectivity index (χ2n) is 7.29. The van der Waals surface area contributed by atoms with Crippen molar-refractivity contribution in [1.82, 2.24) is 24.6 Å². The predicted octanol–water partition coefficient (Wildman–Crippen LogP) is 2.94. The zero-order chi connectivity index (χ0) is 20.4. The van der Waals surface area contributed by atoms with Crippen LogP contribution in [0.2, 0.25) is 0 Å². The third-order valence-electron chi connectivity index (χ3n) is 5.14. The maximum absolute atomic E-state index is 12.6. The highest BCUT2D eigenvalue weighted by Crippen LogP contribution is 2.19. The first kappa shape index (κ1) is 18.9. The van der Waals surface area contributed by atoms with Crippen molar-refractivity contribution in [3.63, 3.8) is 0 Å². The minimum Gasteiger partial charge on any atom is -0.353 e. The van der Waals surface area contributed by atoms with E-state index in [2.05, 4.69) is 25.3 Å². The van der Waals surface area contributed by atoms with E-state index in [0.29, 0.717) is 13.1 Å². The number of urea groups is 1. The Labute approximate surface area is 170 Å². The number of nitrogens with one attached hydrogen (secondary N) is 1. The number of piperazine rings is 1. The van der Waals surface area contributed by atoms with Gasteiger partial charge in [-0.2, -0.15) is 5.10 Å². The van der Waals surface area contributed by atoms with Gasteiger partial charge in [0.05, 0.1) is 5.69 Å². The third-order valence-corrected chi connectivity index (χ3v) is 5.14. The van der Waals surface area contributed by atoms with Gasteiger partial charge in [0.25, 0.3) is 0 Å². The van der Waals surface area contributed by atoms with Gasteiger partial charge in [0.2, 0.25) is 0 Å². The number of para-hydroxylation sites is 1. The second kappa shape index (κ2) is 7.90. The maximum atomic E-state index is 12.6. The lowest BCUT2D eigenvalue weighted by atomic mass is 10.2. The molecule has 150 valence electrons. The smallest absolute Gasteiger partial charge is 0.321 e. The van der Waals surface area contributed by atoms with Crippen molar-refractivity contribution in [2.24, 2.45) is 0 Å². The Bertz CT molecular complexity index is 1020. The van der Waals surface area contributed by atoms with Crippen molar-refractivity contribution < 1.29 is 4.79 Å². The molecular formula is C21H25N7O. The predicted molar refractivity (Wildman–Crippen MR) is 113 cm³/mol. The average molecular weight is 391 g/mol. The molecule has 1 aromatic carbocycles. The molecule has 0 aliphatic carbocycles. The normalized spacial score (nSPS) is 14.2. The van der Waals surface area contributed by atoms with Crippen LogP contribution in [-0.2, 0) is 0 Å². The van der Waals surface area contributed by atoms with E-state index < -0.39 is 0 Å². The first-order valence-corrected chi connectivity index (χ1v) is 9.73. The highest BCUT2D eigenvalue weighted by molar-refractivity contribution is 5.90. The van der Waals surface area contributed by atoms with Crippen LogP contribution in [0.25, 0.3) is 5.82 Å². The molecule has 0 bridgehead atoms.